The summed E-state index contributed by atoms with van der Waals surface area (Å²) in [6, 6.07) is 9.50. The lowest BCUT2D eigenvalue weighted by Crippen LogP contribution is -1.91. The summed E-state index contributed by atoms with van der Waals surface area (Å²) in [5.41, 5.74) is 3.97. The zero-order valence-corrected chi connectivity index (χ0v) is 12.9. The molecule has 0 aliphatic heterocycles. The molecule has 0 spiro atoms. The predicted octanol–water partition coefficient (Wildman–Crippen LogP) is 4.68. The Balaban J connectivity index is 1.92. The summed E-state index contributed by atoms with van der Waals surface area (Å²) >= 11 is 12.0. The lowest BCUT2D eigenvalue weighted by molar-refractivity contribution is 1.01. The number of rotatable bonds is 3. The summed E-state index contributed by atoms with van der Waals surface area (Å²) in [6.07, 6.45) is 4.32. The summed E-state index contributed by atoms with van der Waals surface area (Å²) in [5.74, 6) is 0.904. The summed E-state index contributed by atoms with van der Waals surface area (Å²) in [4.78, 5) is 12.1. The lowest BCUT2D eigenvalue weighted by Gasteiger charge is -2.01. The first-order valence-corrected chi connectivity index (χ1v) is 7.29. The van der Waals surface area contributed by atoms with Crippen LogP contribution in [0.4, 0.5) is 0 Å². The minimum atomic E-state index is 0.533. The largest absolute Gasteiger partial charge is 0.345 e. The number of imidazole rings is 1. The van der Waals surface area contributed by atoms with Gasteiger partial charge in [-0.2, -0.15) is 0 Å². The number of halogens is 2. The van der Waals surface area contributed by atoms with Crippen molar-refractivity contribution in [3.05, 3.63) is 69.9 Å². The van der Waals surface area contributed by atoms with E-state index in [0.717, 1.165) is 34.8 Å². The molecular formula is C16H13Cl2N3. The molecule has 2 heterocycles. The smallest absolute Gasteiger partial charge is 0.111 e. The van der Waals surface area contributed by atoms with Crippen LogP contribution < -0.4 is 0 Å². The molecule has 1 N–H and O–H groups in total. The van der Waals surface area contributed by atoms with Crippen molar-refractivity contribution < 1.29 is 0 Å². The van der Waals surface area contributed by atoms with E-state index in [-0.39, 0.29) is 0 Å². The van der Waals surface area contributed by atoms with Crippen LogP contribution in [0.5, 0.6) is 0 Å². The van der Waals surface area contributed by atoms with Gasteiger partial charge in [0.15, 0.2) is 0 Å². The Bertz CT molecular complexity index is 766. The predicted molar refractivity (Wildman–Crippen MR) is 85.8 cm³/mol. The van der Waals surface area contributed by atoms with Crippen molar-refractivity contribution in [2.75, 3.05) is 0 Å². The molecule has 0 saturated heterocycles. The summed E-state index contributed by atoms with van der Waals surface area (Å²) < 4.78 is 0. The van der Waals surface area contributed by atoms with Crippen LogP contribution in [-0.4, -0.2) is 15.0 Å². The highest BCUT2D eigenvalue weighted by Gasteiger charge is 2.11. The summed E-state index contributed by atoms with van der Waals surface area (Å²) in [5, 5.41) is 1.08. The Morgan fingerprint density at radius 3 is 2.71 bits per heavy atom. The van der Waals surface area contributed by atoms with Crippen LogP contribution in [-0.2, 0) is 6.42 Å². The minimum Gasteiger partial charge on any atom is -0.345 e. The Hall–Kier alpha value is -1.84. The zero-order valence-electron chi connectivity index (χ0n) is 11.4. The molecule has 0 unspecified atom stereocenters. The summed E-state index contributed by atoms with van der Waals surface area (Å²) in [6.45, 7) is 2.00. The molecule has 0 radical (unpaired) electrons. The number of H-pyrrole nitrogens is 1. The summed E-state index contributed by atoms with van der Waals surface area (Å²) in [7, 11) is 0. The van der Waals surface area contributed by atoms with Gasteiger partial charge in [0.2, 0.25) is 0 Å². The van der Waals surface area contributed by atoms with Crippen LogP contribution in [0.1, 0.15) is 17.1 Å². The third kappa shape index (κ3) is 3.09. The van der Waals surface area contributed by atoms with E-state index in [2.05, 4.69) is 15.0 Å². The number of pyridine rings is 1. The highest BCUT2D eigenvalue weighted by atomic mass is 35.5. The van der Waals surface area contributed by atoms with Gasteiger partial charge in [0, 0.05) is 30.1 Å². The molecule has 2 aromatic heterocycles. The first-order chi connectivity index (χ1) is 10.1. The van der Waals surface area contributed by atoms with Crippen molar-refractivity contribution in [3.8, 4) is 11.3 Å². The number of hydrogen-bond acceptors (Lipinski definition) is 2. The maximum absolute atomic E-state index is 6.07. The topological polar surface area (TPSA) is 41.6 Å². The van der Waals surface area contributed by atoms with Gasteiger partial charge in [-0.15, -0.1) is 0 Å². The van der Waals surface area contributed by atoms with Crippen molar-refractivity contribution in [3.63, 3.8) is 0 Å². The fourth-order valence-corrected chi connectivity index (χ4v) is 2.52. The average molecular weight is 318 g/mol. The van der Waals surface area contributed by atoms with Gasteiger partial charge in [-0.3, -0.25) is 4.98 Å². The first-order valence-electron chi connectivity index (χ1n) is 6.53. The van der Waals surface area contributed by atoms with Crippen molar-refractivity contribution in [1.29, 1.82) is 0 Å². The van der Waals surface area contributed by atoms with Crippen LogP contribution in [0.3, 0.4) is 0 Å². The second-order valence-electron chi connectivity index (χ2n) is 4.82. The molecule has 0 aliphatic rings. The molecule has 1 aromatic carbocycles. The van der Waals surface area contributed by atoms with Crippen molar-refractivity contribution >= 4 is 23.2 Å². The van der Waals surface area contributed by atoms with Crippen LogP contribution in [0.2, 0.25) is 10.0 Å². The molecule has 0 amide bonds. The fraction of sp³-hybridized carbons (Fsp3) is 0.125. The Morgan fingerprint density at radius 1 is 1.14 bits per heavy atom. The van der Waals surface area contributed by atoms with Crippen LogP contribution in [0.15, 0.2) is 42.7 Å². The second kappa shape index (κ2) is 5.88. The number of aryl methyl sites for hydroxylation is 1. The molecule has 0 fully saturated rings. The van der Waals surface area contributed by atoms with Gasteiger partial charge in [0.05, 0.1) is 15.7 Å². The molecule has 0 aliphatic carbocycles. The lowest BCUT2D eigenvalue weighted by atomic mass is 10.1. The number of nitrogens with zero attached hydrogens (tertiary/aromatic N) is 2. The Morgan fingerprint density at radius 2 is 2.00 bits per heavy atom. The minimum absolute atomic E-state index is 0.533. The monoisotopic (exact) mass is 317 g/mol. The third-order valence-corrected chi connectivity index (χ3v) is 3.96. The van der Waals surface area contributed by atoms with E-state index in [4.69, 9.17) is 23.2 Å². The Kier molecular flexibility index (Phi) is 3.95. The Labute approximate surface area is 133 Å². The number of aromatic amines is 1. The molecule has 21 heavy (non-hydrogen) atoms. The molecule has 3 nitrogen and oxygen atoms in total. The van der Waals surface area contributed by atoms with E-state index >= 15 is 0 Å². The van der Waals surface area contributed by atoms with Crippen molar-refractivity contribution in [1.82, 2.24) is 15.0 Å². The molecule has 0 bridgehead atoms. The van der Waals surface area contributed by atoms with E-state index in [1.54, 1.807) is 12.3 Å². The number of nitrogens with one attached hydrogen (secondary N) is 1. The van der Waals surface area contributed by atoms with Crippen LogP contribution >= 0.6 is 23.2 Å². The maximum atomic E-state index is 6.07. The second-order valence-corrected chi connectivity index (χ2v) is 5.64. The van der Waals surface area contributed by atoms with Gasteiger partial charge in [-0.25, -0.2) is 4.98 Å². The molecule has 0 saturated carbocycles. The average Bonchev–Trinajstić information content (AvgIpc) is 2.84. The van der Waals surface area contributed by atoms with Gasteiger partial charge in [0.1, 0.15) is 5.82 Å². The standard InChI is InChI=1S/C16H13Cl2N3/c1-10-16(12-4-5-13(17)14(18)8-12)21-15(20-10)7-11-3-2-6-19-9-11/h2-6,8-9H,7H2,1H3,(H,20,21). The highest BCUT2D eigenvalue weighted by molar-refractivity contribution is 6.42. The van der Waals surface area contributed by atoms with E-state index < -0.39 is 0 Å². The van der Waals surface area contributed by atoms with Crippen molar-refractivity contribution in [2.24, 2.45) is 0 Å². The molecule has 5 heteroatoms. The van der Waals surface area contributed by atoms with E-state index in [9.17, 15) is 0 Å². The van der Waals surface area contributed by atoms with E-state index in [1.807, 2.05) is 37.4 Å². The quantitative estimate of drug-likeness (QED) is 0.762. The maximum Gasteiger partial charge on any atom is 0.111 e. The number of hydrogen-bond donors (Lipinski definition) is 1. The SMILES string of the molecule is Cc1[nH]c(Cc2cccnc2)nc1-c1ccc(Cl)c(Cl)c1. The van der Waals surface area contributed by atoms with Gasteiger partial charge in [0.25, 0.3) is 0 Å². The van der Waals surface area contributed by atoms with E-state index in [0.29, 0.717) is 10.0 Å². The number of benzene rings is 1. The zero-order chi connectivity index (χ0) is 14.8. The van der Waals surface area contributed by atoms with Crippen LogP contribution in [0.25, 0.3) is 11.3 Å². The first kappa shape index (κ1) is 14.1. The van der Waals surface area contributed by atoms with Crippen molar-refractivity contribution in [2.45, 2.75) is 13.3 Å². The van der Waals surface area contributed by atoms with E-state index in [1.165, 1.54) is 0 Å². The number of aromatic nitrogens is 3. The van der Waals surface area contributed by atoms with Gasteiger partial charge < -0.3 is 4.98 Å². The molecular weight excluding hydrogens is 305 g/mol. The molecule has 0 atom stereocenters. The molecule has 106 valence electrons. The van der Waals surface area contributed by atoms with Gasteiger partial charge >= 0.3 is 0 Å². The highest BCUT2D eigenvalue weighted by Crippen LogP contribution is 2.29. The fourth-order valence-electron chi connectivity index (χ4n) is 2.23. The molecule has 3 aromatic rings. The van der Waals surface area contributed by atoms with Crippen LogP contribution in [0, 0.1) is 6.92 Å². The van der Waals surface area contributed by atoms with Gasteiger partial charge in [-0.1, -0.05) is 35.3 Å². The normalized spacial score (nSPS) is 10.8. The molecule has 3 rings (SSSR count). The third-order valence-electron chi connectivity index (χ3n) is 3.22. The van der Waals surface area contributed by atoms with Gasteiger partial charge in [-0.05, 0) is 30.7 Å².